The van der Waals surface area contributed by atoms with Crippen LogP contribution in [-0.2, 0) is 4.79 Å². The third-order valence-electron chi connectivity index (χ3n) is 3.28. The van der Waals surface area contributed by atoms with Crippen LogP contribution in [0.4, 0.5) is 0 Å². The Morgan fingerprint density at radius 1 is 1.27 bits per heavy atom. The van der Waals surface area contributed by atoms with Gasteiger partial charge in [0.15, 0.2) is 0 Å². The summed E-state index contributed by atoms with van der Waals surface area (Å²) in [6.07, 6.45) is 6.75. The van der Waals surface area contributed by atoms with E-state index in [-0.39, 0.29) is 0 Å². The van der Waals surface area contributed by atoms with Crippen molar-refractivity contribution in [2.24, 2.45) is 0 Å². The standard InChI is InChI=1S/C11H18N2O2/c14-11(15)4-8-12-7-3-10(9-12)13-5-1-2-6-13/h4,8,10H,1-3,5-7,9H2,(H,14,15)/b8-4+. The molecule has 0 radical (unpaired) electrons. The first-order chi connectivity index (χ1) is 7.25. The first kappa shape index (κ1) is 10.5. The summed E-state index contributed by atoms with van der Waals surface area (Å²) in [6.45, 7) is 4.43. The minimum atomic E-state index is -0.861. The molecule has 0 amide bonds. The predicted octanol–water partition coefficient (Wildman–Crippen LogP) is 0.755. The number of carboxylic acid groups (broad SMARTS) is 1. The van der Waals surface area contributed by atoms with Crippen molar-refractivity contribution in [2.45, 2.75) is 25.3 Å². The van der Waals surface area contributed by atoms with Gasteiger partial charge < -0.3 is 10.0 Å². The van der Waals surface area contributed by atoms with Crippen molar-refractivity contribution in [1.82, 2.24) is 9.80 Å². The first-order valence-corrected chi connectivity index (χ1v) is 5.65. The molecule has 4 nitrogen and oxygen atoms in total. The molecule has 0 aromatic rings. The smallest absolute Gasteiger partial charge is 0.329 e. The van der Waals surface area contributed by atoms with E-state index in [0.29, 0.717) is 6.04 Å². The lowest BCUT2D eigenvalue weighted by molar-refractivity contribution is -0.131. The number of nitrogens with zero attached hydrogens (tertiary/aromatic N) is 2. The molecule has 2 saturated heterocycles. The van der Waals surface area contributed by atoms with Crippen LogP contribution in [0.15, 0.2) is 12.3 Å². The second-order valence-electron chi connectivity index (χ2n) is 4.33. The average Bonchev–Trinajstić information content (AvgIpc) is 2.85. The number of hydrogen-bond acceptors (Lipinski definition) is 3. The highest BCUT2D eigenvalue weighted by molar-refractivity contribution is 5.79. The molecular formula is C11H18N2O2. The minimum absolute atomic E-state index is 0.644. The third kappa shape index (κ3) is 2.72. The molecule has 0 aromatic carbocycles. The van der Waals surface area contributed by atoms with Crippen molar-refractivity contribution < 1.29 is 9.90 Å². The van der Waals surface area contributed by atoms with E-state index < -0.39 is 5.97 Å². The largest absolute Gasteiger partial charge is 0.478 e. The zero-order valence-corrected chi connectivity index (χ0v) is 8.93. The van der Waals surface area contributed by atoms with Crippen LogP contribution in [0.25, 0.3) is 0 Å². The SMILES string of the molecule is O=C(O)/C=C/N1CCC(N2CCCC2)C1. The van der Waals surface area contributed by atoms with E-state index in [0.717, 1.165) is 13.1 Å². The molecule has 15 heavy (non-hydrogen) atoms. The Labute approximate surface area is 90.2 Å². The van der Waals surface area contributed by atoms with Crippen molar-refractivity contribution in [3.63, 3.8) is 0 Å². The molecule has 84 valence electrons. The Morgan fingerprint density at radius 3 is 2.67 bits per heavy atom. The van der Waals surface area contributed by atoms with Crippen LogP contribution in [0.2, 0.25) is 0 Å². The Morgan fingerprint density at radius 2 is 2.00 bits per heavy atom. The maximum Gasteiger partial charge on any atom is 0.329 e. The molecule has 2 aliphatic heterocycles. The van der Waals surface area contributed by atoms with Gasteiger partial charge in [-0.15, -0.1) is 0 Å². The molecule has 0 bridgehead atoms. The summed E-state index contributed by atoms with van der Waals surface area (Å²) in [5.74, 6) is -0.861. The quantitative estimate of drug-likeness (QED) is 0.698. The molecule has 1 unspecified atom stereocenters. The van der Waals surface area contributed by atoms with Gasteiger partial charge in [-0.25, -0.2) is 4.79 Å². The first-order valence-electron chi connectivity index (χ1n) is 5.65. The number of rotatable bonds is 3. The highest BCUT2D eigenvalue weighted by Gasteiger charge is 2.27. The van der Waals surface area contributed by atoms with Gasteiger partial charge in [-0.3, -0.25) is 4.90 Å². The Kier molecular flexibility index (Phi) is 3.26. The lowest BCUT2D eigenvalue weighted by atomic mass is 10.2. The van der Waals surface area contributed by atoms with Crippen LogP contribution in [0.3, 0.4) is 0 Å². The Bertz CT molecular complexity index is 259. The van der Waals surface area contributed by atoms with Gasteiger partial charge in [-0.2, -0.15) is 0 Å². The summed E-state index contributed by atoms with van der Waals surface area (Å²) < 4.78 is 0. The summed E-state index contributed by atoms with van der Waals surface area (Å²) in [7, 11) is 0. The van der Waals surface area contributed by atoms with Gasteiger partial charge in [0, 0.05) is 31.4 Å². The maximum atomic E-state index is 10.4. The number of hydrogen-bond donors (Lipinski definition) is 1. The predicted molar refractivity (Wildman–Crippen MR) is 57.6 cm³/mol. The minimum Gasteiger partial charge on any atom is -0.478 e. The van der Waals surface area contributed by atoms with Crippen LogP contribution in [-0.4, -0.2) is 53.1 Å². The molecule has 2 fully saturated rings. The average molecular weight is 210 g/mol. The van der Waals surface area contributed by atoms with Gasteiger partial charge in [-0.05, 0) is 32.4 Å². The van der Waals surface area contributed by atoms with Crippen molar-refractivity contribution in [1.29, 1.82) is 0 Å². The molecule has 0 saturated carbocycles. The van der Waals surface area contributed by atoms with Crippen LogP contribution in [0.1, 0.15) is 19.3 Å². The summed E-state index contributed by atoms with van der Waals surface area (Å²) >= 11 is 0. The van der Waals surface area contributed by atoms with Crippen molar-refractivity contribution in [3.05, 3.63) is 12.3 Å². The molecule has 4 heteroatoms. The normalized spacial score (nSPS) is 28.0. The van der Waals surface area contributed by atoms with Gasteiger partial charge in [0.25, 0.3) is 0 Å². The highest BCUT2D eigenvalue weighted by atomic mass is 16.4. The van der Waals surface area contributed by atoms with Gasteiger partial charge in [-0.1, -0.05) is 0 Å². The highest BCUT2D eigenvalue weighted by Crippen LogP contribution is 2.20. The zero-order valence-electron chi connectivity index (χ0n) is 8.93. The number of likely N-dealkylation sites (tertiary alicyclic amines) is 2. The van der Waals surface area contributed by atoms with Gasteiger partial charge in [0.2, 0.25) is 0 Å². The summed E-state index contributed by atoms with van der Waals surface area (Å²) in [5, 5.41) is 8.53. The van der Waals surface area contributed by atoms with E-state index in [1.807, 2.05) is 0 Å². The lowest BCUT2D eigenvalue weighted by Crippen LogP contribution is -2.34. The van der Waals surface area contributed by atoms with E-state index in [9.17, 15) is 4.79 Å². The molecule has 1 N–H and O–H groups in total. The maximum absolute atomic E-state index is 10.4. The van der Waals surface area contributed by atoms with Crippen molar-refractivity contribution in [2.75, 3.05) is 26.2 Å². The molecule has 2 aliphatic rings. The second kappa shape index (κ2) is 4.66. The molecule has 0 aliphatic carbocycles. The van der Waals surface area contributed by atoms with Crippen LogP contribution in [0.5, 0.6) is 0 Å². The number of aliphatic carboxylic acids is 1. The Balaban J connectivity index is 1.81. The van der Waals surface area contributed by atoms with E-state index in [2.05, 4.69) is 9.80 Å². The molecular weight excluding hydrogens is 192 g/mol. The molecule has 0 spiro atoms. The molecule has 1 atom stereocenters. The van der Waals surface area contributed by atoms with Crippen LogP contribution < -0.4 is 0 Å². The van der Waals surface area contributed by atoms with Crippen molar-refractivity contribution >= 4 is 5.97 Å². The fourth-order valence-corrected chi connectivity index (χ4v) is 2.48. The van der Waals surface area contributed by atoms with Gasteiger partial charge >= 0.3 is 5.97 Å². The molecule has 2 heterocycles. The number of carbonyl (C=O) groups is 1. The lowest BCUT2D eigenvalue weighted by Gasteiger charge is -2.22. The molecule has 0 aromatic heterocycles. The van der Waals surface area contributed by atoms with Crippen molar-refractivity contribution in [3.8, 4) is 0 Å². The zero-order chi connectivity index (χ0) is 10.7. The number of carboxylic acids is 1. The van der Waals surface area contributed by atoms with Crippen LogP contribution >= 0.6 is 0 Å². The third-order valence-corrected chi connectivity index (χ3v) is 3.28. The van der Waals surface area contributed by atoms with Gasteiger partial charge in [0.1, 0.15) is 0 Å². The fourth-order valence-electron chi connectivity index (χ4n) is 2.48. The topological polar surface area (TPSA) is 43.8 Å². The van der Waals surface area contributed by atoms with E-state index in [4.69, 9.17) is 5.11 Å². The van der Waals surface area contributed by atoms with E-state index >= 15 is 0 Å². The fraction of sp³-hybridized carbons (Fsp3) is 0.727. The van der Waals surface area contributed by atoms with E-state index in [1.54, 1.807) is 6.20 Å². The Hall–Kier alpha value is -1.03. The summed E-state index contributed by atoms with van der Waals surface area (Å²) in [4.78, 5) is 15.0. The van der Waals surface area contributed by atoms with Gasteiger partial charge in [0.05, 0.1) is 0 Å². The molecule has 2 rings (SSSR count). The van der Waals surface area contributed by atoms with Crippen LogP contribution in [0, 0.1) is 0 Å². The second-order valence-corrected chi connectivity index (χ2v) is 4.33. The monoisotopic (exact) mass is 210 g/mol. The summed E-state index contributed by atoms with van der Waals surface area (Å²) in [6, 6.07) is 0.644. The van der Waals surface area contributed by atoms with E-state index in [1.165, 1.54) is 38.4 Å². The summed E-state index contributed by atoms with van der Waals surface area (Å²) in [5.41, 5.74) is 0.